The Kier molecular flexibility index (Phi) is 4.15. The van der Waals surface area contributed by atoms with Gasteiger partial charge in [0.15, 0.2) is 6.61 Å². The molecule has 0 bridgehead atoms. The summed E-state index contributed by atoms with van der Waals surface area (Å²) < 4.78 is 4.73. The zero-order chi connectivity index (χ0) is 15.7. The third kappa shape index (κ3) is 2.85. The van der Waals surface area contributed by atoms with Crippen molar-refractivity contribution >= 4 is 29.2 Å². The second kappa shape index (κ2) is 6.08. The summed E-state index contributed by atoms with van der Waals surface area (Å²) in [6.45, 7) is 2.88. The van der Waals surface area contributed by atoms with E-state index in [4.69, 9.17) is 4.74 Å². The van der Waals surface area contributed by atoms with E-state index < -0.39 is 6.09 Å². The molecular formula is C15H18N2O4S. The van der Waals surface area contributed by atoms with Gasteiger partial charge in [-0.3, -0.25) is 9.59 Å². The summed E-state index contributed by atoms with van der Waals surface area (Å²) in [4.78, 5) is 39.6. The lowest BCUT2D eigenvalue weighted by atomic mass is 10.2. The summed E-state index contributed by atoms with van der Waals surface area (Å²) >= 11 is 1.67. The maximum atomic E-state index is 12.3. The highest BCUT2D eigenvalue weighted by molar-refractivity contribution is 7.10. The molecule has 0 spiro atoms. The highest BCUT2D eigenvalue weighted by atomic mass is 32.1. The molecule has 0 N–H and O–H groups in total. The Bertz CT molecular complexity index is 596. The third-order valence-corrected chi connectivity index (χ3v) is 5.28. The molecular weight excluding hydrogens is 304 g/mol. The lowest BCUT2D eigenvalue weighted by molar-refractivity contribution is -0.131. The lowest BCUT2D eigenvalue weighted by Gasteiger charge is -2.20. The van der Waals surface area contributed by atoms with E-state index in [-0.39, 0.29) is 24.5 Å². The molecule has 1 unspecified atom stereocenters. The highest BCUT2D eigenvalue weighted by Crippen LogP contribution is 2.22. The van der Waals surface area contributed by atoms with Crippen LogP contribution in [-0.4, -0.2) is 53.4 Å². The van der Waals surface area contributed by atoms with Gasteiger partial charge in [0.2, 0.25) is 5.91 Å². The number of carbonyl (C=O) groups excluding carboxylic acids is 3. The van der Waals surface area contributed by atoms with Gasteiger partial charge in [0.05, 0.1) is 6.04 Å². The summed E-state index contributed by atoms with van der Waals surface area (Å²) in [5.74, 6) is -0.228. The lowest BCUT2D eigenvalue weighted by Crippen LogP contribution is -2.42. The molecule has 2 aliphatic heterocycles. The van der Waals surface area contributed by atoms with E-state index in [0.29, 0.717) is 25.9 Å². The molecule has 0 radical (unpaired) electrons. The number of imide groups is 1. The third-order valence-electron chi connectivity index (χ3n) is 4.20. The first-order valence-electron chi connectivity index (χ1n) is 7.36. The van der Waals surface area contributed by atoms with Gasteiger partial charge in [0, 0.05) is 24.4 Å². The van der Waals surface area contributed by atoms with Gasteiger partial charge in [-0.1, -0.05) is 0 Å². The molecule has 0 saturated carbocycles. The maximum Gasteiger partial charge on any atom is 0.417 e. The number of ether oxygens (including phenoxy) is 1. The van der Waals surface area contributed by atoms with Crippen molar-refractivity contribution in [2.24, 2.45) is 0 Å². The van der Waals surface area contributed by atoms with E-state index in [1.807, 2.05) is 12.3 Å². The fraction of sp³-hybridized carbons (Fsp3) is 0.533. The number of nitrogens with zero attached hydrogens (tertiary/aromatic N) is 2. The van der Waals surface area contributed by atoms with E-state index >= 15 is 0 Å². The van der Waals surface area contributed by atoms with E-state index in [2.05, 4.69) is 6.07 Å². The van der Waals surface area contributed by atoms with Crippen LogP contribution in [0.5, 0.6) is 0 Å². The molecule has 0 aromatic carbocycles. The largest absolute Gasteiger partial charge is 0.439 e. The summed E-state index contributed by atoms with van der Waals surface area (Å²) in [6, 6.07) is 1.82. The van der Waals surface area contributed by atoms with Gasteiger partial charge in [-0.05, 0) is 36.8 Å². The van der Waals surface area contributed by atoms with E-state index in [1.54, 1.807) is 16.2 Å². The van der Waals surface area contributed by atoms with Crippen molar-refractivity contribution in [3.8, 4) is 0 Å². The van der Waals surface area contributed by atoms with Crippen LogP contribution in [0.25, 0.3) is 0 Å². The van der Waals surface area contributed by atoms with Gasteiger partial charge in [0.1, 0.15) is 0 Å². The van der Waals surface area contributed by atoms with E-state index in [0.717, 1.165) is 11.3 Å². The molecule has 2 fully saturated rings. The number of amides is 3. The fourth-order valence-electron chi connectivity index (χ4n) is 2.93. The van der Waals surface area contributed by atoms with Crippen LogP contribution in [0.2, 0.25) is 0 Å². The quantitative estimate of drug-likeness (QED) is 0.844. The molecule has 22 heavy (non-hydrogen) atoms. The summed E-state index contributed by atoms with van der Waals surface area (Å²) in [7, 11) is 0. The predicted molar refractivity (Wildman–Crippen MR) is 80.6 cm³/mol. The molecule has 7 heteroatoms. The number of likely N-dealkylation sites (tertiary alicyclic amines) is 1. The van der Waals surface area contributed by atoms with Gasteiger partial charge >= 0.3 is 6.09 Å². The van der Waals surface area contributed by atoms with Crippen LogP contribution in [0.4, 0.5) is 4.79 Å². The van der Waals surface area contributed by atoms with Gasteiger partial charge in [-0.2, -0.15) is 0 Å². The van der Waals surface area contributed by atoms with Crippen LogP contribution in [0, 0.1) is 6.92 Å². The number of aryl methyl sites for hydroxylation is 2. The molecule has 6 nitrogen and oxygen atoms in total. The molecule has 3 rings (SSSR count). The Balaban J connectivity index is 1.54. The molecule has 1 aromatic heterocycles. The van der Waals surface area contributed by atoms with Crippen LogP contribution in [0.3, 0.4) is 0 Å². The van der Waals surface area contributed by atoms with Crippen molar-refractivity contribution in [3.05, 3.63) is 21.9 Å². The van der Waals surface area contributed by atoms with Gasteiger partial charge < -0.3 is 9.64 Å². The molecule has 118 valence electrons. The predicted octanol–water partition coefficient (Wildman–Crippen LogP) is 1.57. The maximum absolute atomic E-state index is 12.3. The summed E-state index contributed by atoms with van der Waals surface area (Å²) in [5.41, 5.74) is 1.22. The summed E-state index contributed by atoms with van der Waals surface area (Å²) in [5, 5.41) is 2.03. The van der Waals surface area contributed by atoms with Gasteiger partial charge in [-0.25, -0.2) is 9.69 Å². The Morgan fingerprint density at radius 1 is 1.45 bits per heavy atom. The first kappa shape index (κ1) is 15.0. The van der Waals surface area contributed by atoms with Crippen LogP contribution < -0.4 is 0 Å². The number of carbonyl (C=O) groups is 3. The minimum atomic E-state index is -0.585. The molecule has 3 amide bonds. The minimum absolute atomic E-state index is 0.0790. The second-order valence-electron chi connectivity index (χ2n) is 5.63. The van der Waals surface area contributed by atoms with Gasteiger partial charge in [0.25, 0.3) is 5.91 Å². The normalized spacial score (nSPS) is 21.6. The fourth-order valence-corrected chi connectivity index (χ4v) is 3.85. The zero-order valence-electron chi connectivity index (χ0n) is 12.4. The molecule has 2 aliphatic rings. The van der Waals surface area contributed by atoms with Crippen molar-refractivity contribution in [1.82, 2.24) is 9.80 Å². The molecule has 2 saturated heterocycles. The Labute approximate surface area is 132 Å². The van der Waals surface area contributed by atoms with Crippen molar-refractivity contribution in [1.29, 1.82) is 0 Å². The van der Waals surface area contributed by atoms with Crippen LogP contribution in [0.1, 0.15) is 23.3 Å². The van der Waals surface area contributed by atoms with E-state index in [9.17, 15) is 14.4 Å². The second-order valence-corrected chi connectivity index (χ2v) is 6.63. The Morgan fingerprint density at radius 3 is 2.91 bits per heavy atom. The standard InChI is InChI=1S/C15H18N2O4S/c1-10-5-7-22-12(10)2-3-13(18)16-6-4-11(8-16)17-14(19)9-21-15(17)20/h5,7,11H,2-4,6,8-9H2,1H3. The number of cyclic esters (lactones) is 1. The average Bonchev–Trinajstić information content (AvgIpc) is 3.18. The number of hydrogen-bond acceptors (Lipinski definition) is 5. The SMILES string of the molecule is Cc1ccsc1CCC(=O)N1CCC(N2C(=O)COC2=O)C1. The molecule has 0 aliphatic carbocycles. The Hall–Kier alpha value is -1.89. The first-order chi connectivity index (χ1) is 10.6. The minimum Gasteiger partial charge on any atom is -0.439 e. The van der Waals surface area contributed by atoms with E-state index in [1.165, 1.54) is 10.4 Å². The first-order valence-corrected chi connectivity index (χ1v) is 8.24. The number of rotatable bonds is 4. The smallest absolute Gasteiger partial charge is 0.417 e. The highest BCUT2D eigenvalue weighted by Gasteiger charge is 2.41. The number of hydrogen-bond donors (Lipinski definition) is 0. The van der Waals surface area contributed by atoms with Crippen LogP contribution in [0.15, 0.2) is 11.4 Å². The van der Waals surface area contributed by atoms with Crippen molar-refractivity contribution in [3.63, 3.8) is 0 Å². The Morgan fingerprint density at radius 2 is 2.27 bits per heavy atom. The zero-order valence-corrected chi connectivity index (χ0v) is 13.2. The monoisotopic (exact) mass is 322 g/mol. The molecule has 1 aromatic rings. The average molecular weight is 322 g/mol. The van der Waals surface area contributed by atoms with Crippen molar-refractivity contribution < 1.29 is 19.1 Å². The topological polar surface area (TPSA) is 66.9 Å². The molecule has 1 atom stereocenters. The van der Waals surface area contributed by atoms with Gasteiger partial charge in [-0.15, -0.1) is 11.3 Å². The summed E-state index contributed by atoms with van der Waals surface area (Å²) in [6.07, 6.45) is 1.25. The van der Waals surface area contributed by atoms with Crippen LogP contribution in [-0.2, 0) is 20.7 Å². The number of thiophene rings is 1. The van der Waals surface area contributed by atoms with Crippen molar-refractivity contribution in [2.45, 2.75) is 32.2 Å². The molecule has 3 heterocycles. The van der Waals surface area contributed by atoms with Crippen molar-refractivity contribution in [2.75, 3.05) is 19.7 Å². The van der Waals surface area contributed by atoms with Crippen LogP contribution >= 0.6 is 11.3 Å².